The van der Waals surface area contributed by atoms with Crippen LogP contribution in [-0.4, -0.2) is 52.6 Å². The topological polar surface area (TPSA) is 123 Å². The summed E-state index contributed by atoms with van der Waals surface area (Å²) in [6.07, 6.45) is 0. The van der Waals surface area contributed by atoms with Crippen molar-refractivity contribution in [3.8, 4) is 11.5 Å². The molecule has 0 atom stereocenters. The molecule has 4 aromatic rings. The number of sulfonamides is 1. The van der Waals surface area contributed by atoms with Crippen LogP contribution in [0.1, 0.15) is 12.5 Å². The summed E-state index contributed by atoms with van der Waals surface area (Å²) >= 11 is 0. The molecule has 1 amide bonds. The van der Waals surface area contributed by atoms with Crippen LogP contribution in [-0.2, 0) is 21.4 Å². The summed E-state index contributed by atoms with van der Waals surface area (Å²) in [4.78, 5) is 16.4. The molecule has 10 nitrogen and oxygen atoms in total. The fourth-order valence-corrected chi connectivity index (χ4v) is 4.06. The van der Waals surface area contributed by atoms with Crippen molar-refractivity contribution in [2.24, 2.45) is 0 Å². The number of nitrogens with zero attached hydrogens (tertiary/aromatic N) is 5. The average Bonchev–Trinajstić information content (AvgIpc) is 3.32. The van der Waals surface area contributed by atoms with E-state index in [9.17, 15) is 13.2 Å². The highest BCUT2D eigenvalue weighted by atomic mass is 32.2. The molecule has 11 heteroatoms. The Bertz CT molecular complexity index is 1360. The number of fused-ring (bicyclic) bond motifs is 1. The third-order valence-electron chi connectivity index (χ3n) is 4.69. The lowest BCUT2D eigenvalue weighted by Crippen LogP contribution is -2.22. The lowest BCUT2D eigenvalue weighted by Gasteiger charge is -2.12. The predicted molar refractivity (Wildman–Crippen MR) is 114 cm³/mol. The summed E-state index contributed by atoms with van der Waals surface area (Å²) in [5.74, 6) is 0.338. The third kappa shape index (κ3) is 3.92. The van der Waals surface area contributed by atoms with Gasteiger partial charge in [0, 0.05) is 27.6 Å². The molecule has 4 rings (SSSR count). The Labute approximate surface area is 178 Å². The summed E-state index contributed by atoms with van der Waals surface area (Å²) in [7, 11) is -0.524. The van der Waals surface area contributed by atoms with E-state index < -0.39 is 10.0 Å². The molecule has 0 aliphatic rings. The van der Waals surface area contributed by atoms with Gasteiger partial charge in [0.15, 0.2) is 11.5 Å². The van der Waals surface area contributed by atoms with Gasteiger partial charge in [-0.05, 0) is 40.1 Å². The fraction of sp³-hybridized carbons (Fsp3) is 0.200. The monoisotopic (exact) mass is 440 g/mol. The van der Waals surface area contributed by atoms with Gasteiger partial charge in [0.2, 0.25) is 21.7 Å². The zero-order valence-electron chi connectivity index (χ0n) is 17.1. The number of amides is 1. The van der Waals surface area contributed by atoms with Crippen LogP contribution in [0.4, 0.5) is 5.82 Å². The zero-order chi connectivity index (χ0) is 22.2. The van der Waals surface area contributed by atoms with E-state index in [0.29, 0.717) is 18.1 Å². The molecule has 0 bridgehead atoms. The number of benzene rings is 2. The van der Waals surface area contributed by atoms with Crippen molar-refractivity contribution in [2.45, 2.75) is 18.4 Å². The molecule has 0 unspecified atom stereocenters. The van der Waals surface area contributed by atoms with E-state index in [1.165, 1.54) is 25.3 Å². The van der Waals surface area contributed by atoms with E-state index in [4.69, 9.17) is 4.63 Å². The summed E-state index contributed by atoms with van der Waals surface area (Å²) in [6, 6.07) is 14.2. The minimum Gasteiger partial charge on any atom is -0.318 e. The highest BCUT2D eigenvalue weighted by Gasteiger charge is 2.22. The molecule has 2 aromatic carbocycles. The lowest BCUT2D eigenvalue weighted by molar-refractivity contribution is -0.114. The molecule has 0 spiro atoms. The number of aromatic nitrogens is 4. The Morgan fingerprint density at radius 2 is 1.81 bits per heavy atom. The van der Waals surface area contributed by atoms with E-state index in [-0.39, 0.29) is 16.6 Å². The molecule has 2 aromatic heterocycles. The lowest BCUT2D eigenvalue weighted by atomic mass is 10.2. The Hall–Kier alpha value is -3.57. The Balaban J connectivity index is 1.77. The van der Waals surface area contributed by atoms with Crippen molar-refractivity contribution >= 4 is 32.8 Å². The fourth-order valence-electron chi connectivity index (χ4n) is 3.16. The molecule has 1 N–H and O–H groups in total. The molecule has 31 heavy (non-hydrogen) atoms. The van der Waals surface area contributed by atoms with E-state index in [1.54, 1.807) is 24.3 Å². The first-order valence-corrected chi connectivity index (χ1v) is 10.8. The van der Waals surface area contributed by atoms with Gasteiger partial charge in [-0.1, -0.05) is 24.3 Å². The molecule has 0 fully saturated rings. The van der Waals surface area contributed by atoms with Crippen LogP contribution in [0.3, 0.4) is 0 Å². The van der Waals surface area contributed by atoms with Crippen molar-refractivity contribution in [3.63, 3.8) is 0 Å². The third-order valence-corrected chi connectivity index (χ3v) is 6.52. The second-order valence-electron chi connectivity index (χ2n) is 7.08. The van der Waals surface area contributed by atoms with Gasteiger partial charge in [0.1, 0.15) is 0 Å². The number of anilines is 1. The van der Waals surface area contributed by atoms with Crippen LogP contribution in [0.25, 0.3) is 22.6 Å². The summed E-state index contributed by atoms with van der Waals surface area (Å²) in [5, 5.41) is 10.3. The number of carbonyl (C=O) groups excluding carboxylic acids is 1. The van der Waals surface area contributed by atoms with Gasteiger partial charge in [-0.2, -0.15) is 0 Å². The molecule has 160 valence electrons. The quantitative estimate of drug-likeness (QED) is 0.488. The Morgan fingerprint density at radius 3 is 2.48 bits per heavy atom. The molecule has 0 aliphatic carbocycles. The number of carbonyl (C=O) groups is 1. The van der Waals surface area contributed by atoms with Crippen molar-refractivity contribution in [1.29, 1.82) is 0 Å². The maximum absolute atomic E-state index is 12.3. The first kappa shape index (κ1) is 20.7. The standard InChI is InChI=1S/C20H20N6O4S/c1-13(27)21-19-18(23-30-24-19)20-22-16-6-4-5-7-17(16)26(20)12-14-8-10-15(11-9-14)31(28,29)25(2)3/h4-11H,12H2,1-3H3,(H,21,24,27). The van der Waals surface area contributed by atoms with Gasteiger partial charge in [-0.3, -0.25) is 4.79 Å². The van der Waals surface area contributed by atoms with Crippen molar-refractivity contribution in [2.75, 3.05) is 19.4 Å². The first-order chi connectivity index (χ1) is 14.8. The molecule has 0 saturated heterocycles. The van der Waals surface area contributed by atoms with Gasteiger partial charge in [0.25, 0.3) is 0 Å². The van der Waals surface area contributed by atoms with E-state index in [1.807, 2.05) is 28.8 Å². The van der Waals surface area contributed by atoms with Crippen LogP contribution in [0, 0.1) is 0 Å². The van der Waals surface area contributed by atoms with Crippen LogP contribution >= 0.6 is 0 Å². The van der Waals surface area contributed by atoms with Crippen LogP contribution in [0.5, 0.6) is 0 Å². The molecular formula is C20H20N6O4S. The minimum atomic E-state index is -3.51. The molecular weight excluding hydrogens is 420 g/mol. The smallest absolute Gasteiger partial charge is 0.242 e. The number of imidazole rings is 1. The summed E-state index contributed by atoms with van der Waals surface area (Å²) in [6.45, 7) is 1.76. The zero-order valence-corrected chi connectivity index (χ0v) is 17.9. The number of hydrogen-bond donors (Lipinski definition) is 1. The second-order valence-corrected chi connectivity index (χ2v) is 9.24. The Kier molecular flexibility index (Phi) is 5.29. The van der Waals surface area contributed by atoms with Gasteiger partial charge in [-0.25, -0.2) is 22.3 Å². The number of rotatable bonds is 6. The molecule has 2 heterocycles. The highest BCUT2D eigenvalue weighted by molar-refractivity contribution is 7.89. The van der Waals surface area contributed by atoms with Crippen molar-refractivity contribution in [3.05, 3.63) is 54.1 Å². The molecule has 0 radical (unpaired) electrons. The van der Waals surface area contributed by atoms with Gasteiger partial charge in [-0.15, -0.1) is 0 Å². The Morgan fingerprint density at radius 1 is 1.10 bits per heavy atom. The largest absolute Gasteiger partial charge is 0.318 e. The average molecular weight is 440 g/mol. The SMILES string of the molecule is CC(=O)Nc1nonc1-c1nc2ccccc2n1Cc1ccc(S(=O)(=O)N(C)C)cc1. The normalized spacial score (nSPS) is 11.9. The maximum Gasteiger partial charge on any atom is 0.242 e. The van der Waals surface area contributed by atoms with Gasteiger partial charge >= 0.3 is 0 Å². The predicted octanol–water partition coefficient (Wildman–Crippen LogP) is 2.34. The maximum atomic E-state index is 12.3. The minimum absolute atomic E-state index is 0.177. The van der Waals surface area contributed by atoms with E-state index in [0.717, 1.165) is 16.6 Å². The van der Waals surface area contributed by atoms with Crippen molar-refractivity contribution in [1.82, 2.24) is 24.2 Å². The number of hydrogen-bond acceptors (Lipinski definition) is 7. The van der Waals surface area contributed by atoms with Crippen LogP contribution in [0.2, 0.25) is 0 Å². The second kappa shape index (κ2) is 7.93. The van der Waals surface area contributed by atoms with Gasteiger partial charge < -0.3 is 9.88 Å². The molecule has 0 aliphatic heterocycles. The first-order valence-electron chi connectivity index (χ1n) is 9.34. The van der Waals surface area contributed by atoms with Gasteiger partial charge in [0.05, 0.1) is 15.9 Å². The van der Waals surface area contributed by atoms with Crippen molar-refractivity contribution < 1.29 is 17.8 Å². The van der Waals surface area contributed by atoms with Crippen LogP contribution in [0.15, 0.2) is 58.1 Å². The van der Waals surface area contributed by atoms with Crippen LogP contribution < -0.4 is 5.32 Å². The highest BCUT2D eigenvalue weighted by Crippen LogP contribution is 2.29. The van der Waals surface area contributed by atoms with E-state index in [2.05, 4.69) is 20.6 Å². The summed E-state index contributed by atoms with van der Waals surface area (Å²) in [5.41, 5.74) is 2.75. The molecule has 0 saturated carbocycles. The number of para-hydroxylation sites is 2. The summed E-state index contributed by atoms with van der Waals surface area (Å²) < 4.78 is 32.6. The van der Waals surface area contributed by atoms with E-state index >= 15 is 0 Å². The number of nitrogens with one attached hydrogen (secondary N) is 1.